The van der Waals surface area contributed by atoms with E-state index in [-0.39, 0.29) is 0 Å². The third-order valence-corrected chi connectivity index (χ3v) is 5.48. The molecule has 2 aliphatic rings. The van der Waals surface area contributed by atoms with E-state index in [0.717, 1.165) is 17.3 Å². The van der Waals surface area contributed by atoms with Crippen LogP contribution in [0.5, 0.6) is 0 Å². The Hall–Kier alpha value is -1.46. The monoisotopic (exact) mass is 303 g/mol. The average molecular weight is 304 g/mol. The summed E-state index contributed by atoms with van der Waals surface area (Å²) in [4.78, 5) is 2.51. The molecule has 2 unspecified atom stereocenters. The smallest absolute Gasteiger partial charge is 0.179 e. The Morgan fingerprint density at radius 3 is 2.76 bits per heavy atom. The van der Waals surface area contributed by atoms with Crippen molar-refractivity contribution in [3.63, 3.8) is 0 Å². The Balaban J connectivity index is 1.75. The van der Waals surface area contributed by atoms with Crippen molar-refractivity contribution in [2.75, 3.05) is 7.05 Å². The number of nitrogens with one attached hydrogen (secondary N) is 1. The molecule has 1 aromatic carbocycles. The van der Waals surface area contributed by atoms with E-state index in [0.29, 0.717) is 23.9 Å². The maximum absolute atomic E-state index is 6.03. The van der Waals surface area contributed by atoms with Crippen LogP contribution >= 0.6 is 11.6 Å². The number of hydrogen-bond donors (Lipinski definition) is 1. The van der Waals surface area contributed by atoms with Gasteiger partial charge in [0.2, 0.25) is 0 Å². The zero-order valence-electron chi connectivity index (χ0n) is 11.9. The minimum absolute atomic E-state index is 0.300. The van der Waals surface area contributed by atoms with Crippen molar-refractivity contribution in [3.8, 4) is 0 Å². The standard InChI is InChI=1S/C15H18ClN5/c1-21-11-6-7-13(21)14(15-17-19-20-18-15)12(8-11)9-2-4-10(16)5-3-9/h2-5,11-14H,6-8H2,1H3,(H,17,18,19,20)/t11-,12-,13?,14?/m1/s1. The van der Waals surface area contributed by atoms with Crippen molar-refractivity contribution in [1.29, 1.82) is 0 Å². The van der Waals surface area contributed by atoms with Crippen molar-refractivity contribution in [3.05, 3.63) is 40.7 Å². The third kappa shape index (κ3) is 2.15. The Morgan fingerprint density at radius 2 is 2.05 bits per heavy atom. The second-order valence-corrected chi connectivity index (χ2v) is 6.59. The molecule has 0 aliphatic carbocycles. The molecule has 1 N–H and O–H groups in total. The molecule has 21 heavy (non-hydrogen) atoms. The number of fused-ring (bicyclic) bond motifs is 2. The number of aromatic amines is 1. The van der Waals surface area contributed by atoms with Crippen LogP contribution in [0.15, 0.2) is 24.3 Å². The van der Waals surface area contributed by atoms with Gasteiger partial charge in [-0.3, -0.25) is 4.90 Å². The van der Waals surface area contributed by atoms with E-state index in [1.54, 1.807) is 0 Å². The van der Waals surface area contributed by atoms with Crippen LogP contribution in [0.4, 0.5) is 0 Å². The highest BCUT2D eigenvalue weighted by Gasteiger charge is 2.48. The van der Waals surface area contributed by atoms with E-state index < -0.39 is 0 Å². The first-order chi connectivity index (χ1) is 10.2. The van der Waals surface area contributed by atoms with Crippen molar-refractivity contribution < 1.29 is 0 Å². The van der Waals surface area contributed by atoms with Gasteiger partial charge in [0.15, 0.2) is 5.82 Å². The molecule has 2 aromatic rings. The Labute approximate surface area is 128 Å². The van der Waals surface area contributed by atoms with Crippen LogP contribution in [0.3, 0.4) is 0 Å². The van der Waals surface area contributed by atoms with Crippen LogP contribution < -0.4 is 0 Å². The summed E-state index contributed by atoms with van der Waals surface area (Å²) in [6.07, 6.45) is 3.62. The highest BCUT2D eigenvalue weighted by atomic mass is 35.5. The summed E-state index contributed by atoms with van der Waals surface area (Å²) in [6, 6.07) is 9.41. The zero-order chi connectivity index (χ0) is 14.4. The molecular formula is C15H18ClN5. The fourth-order valence-electron chi connectivity index (χ4n) is 4.18. The molecule has 0 amide bonds. The SMILES string of the molecule is CN1C2CC[C@@H]1C[C@H](c1ccc(Cl)cc1)C2c1nn[nH]n1. The Bertz CT molecular complexity index is 612. The lowest BCUT2D eigenvalue weighted by molar-refractivity contribution is 0.133. The van der Waals surface area contributed by atoms with Crippen molar-refractivity contribution >= 4 is 11.6 Å². The van der Waals surface area contributed by atoms with Crippen molar-refractivity contribution in [2.45, 2.75) is 43.2 Å². The van der Waals surface area contributed by atoms with Gasteiger partial charge in [-0.2, -0.15) is 5.21 Å². The summed E-state index contributed by atoms with van der Waals surface area (Å²) in [5.74, 6) is 1.58. The molecule has 3 heterocycles. The van der Waals surface area contributed by atoms with E-state index in [4.69, 9.17) is 11.6 Å². The lowest BCUT2D eigenvalue weighted by atomic mass is 9.76. The molecule has 2 aliphatic heterocycles. The predicted octanol–water partition coefficient (Wildman–Crippen LogP) is 2.59. The Kier molecular flexibility index (Phi) is 3.19. The summed E-state index contributed by atoms with van der Waals surface area (Å²) < 4.78 is 0. The summed E-state index contributed by atoms with van der Waals surface area (Å²) in [6.45, 7) is 0. The number of rotatable bonds is 2. The van der Waals surface area contributed by atoms with Gasteiger partial charge in [0.05, 0.1) is 0 Å². The highest BCUT2D eigenvalue weighted by molar-refractivity contribution is 6.30. The minimum atomic E-state index is 0.300. The van der Waals surface area contributed by atoms with Crippen LogP contribution in [0, 0.1) is 0 Å². The molecule has 2 saturated heterocycles. The first kappa shape index (κ1) is 13.2. The van der Waals surface area contributed by atoms with Gasteiger partial charge in [-0.05, 0) is 49.9 Å². The maximum Gasteiger partial charge on any atom is 0.179 e. The van der Waals surface area contributed by atoms with Crippen molar-refractivity contribution in [1.82, 2.24) is 25.5 Å². The molecule has 0 spiro atoms. The molecular weight excluding hydrogens is 286 g/mol. The largest absolute Gasteiger partial charge is 0.300 e. The number of H-pyrrole nitrogens is 1. The van der Waals surface area contributed by atoms with Crippen LogP contribution in [0.1, 0.15) is 42.5 Å². The lowest BCUT2D eigenvalue weighted by Crippen LogP contribution is -2.44. The molecule has 2 fully saturated rings. The number of halogens is 1. The first-order valence-electron chi connectivity index (χ1n) is 7.45. The molecule has 4 atom stereocenters. The number of piperidine rings is 1. The number of tetrazole rings is 1. The summed E-state index contributed by atoms with van der Waals surface area (Å²) in [7, 11) is 2.23. The summed E-state index contributed by atoms with van der Waals surface area (Å²) >= 11 is 6.03. The maximum atomic E-state index is 6.03. The third-order valence-electron chi connectivity index (χ3n) is 5.23. The molecule has 4 rings (SSSR count). The molecule has 6 heteroatoms. The van der Waals surface area contributed by atoms with Gasteiger partial charge in [0, 0.05) is 23.0 Å². The van der Waals surface area contributed by atoms with Gasteiger partial charge in [-0.1, -0.05) is 28.9 Å². The zero-order valence-corrected chi connectivity index (χ0v) is 12.7. The first-order valence-corrected chi connectivity index (χ1v) is 7.82. The fraction of sp³-hybridized carbons (Fsp3) is 0.533. The topological polar surface area (TPSA) is 57.7 Å². The summed E-state index contributed by atoms with van der Waals surface area (Å²) in [5, 5.41) is 15.7. The van der Waals surface area contributed by atoms with E-state index in [2.05, 4.69) is 44.7 Å². The number of hydrogen-bond acceptors (Lipinski definition) is 4. The molecule has 5 nitrogen and oxygen atoms in total. The number of benzene rings is 1. The van der Waals surface area contributed by atoms with E-state index in [9.17, 15) is 0 Å². The van der Waals surface area contributed by atoms with Gasteiger partial charge < -0.3 is 0 Å². The van der Waals surface area contributed by atoms with Gasteiger partial charge >= 0.3 is 0 Å². The van der Waals surface area contributed by atoms with Crippen LogP contribution in [-0.4, -0.2) is 44.7 Å². The summed E-state index contributed by atoms with van der Waals surface area (Å²) in [5.41, 5.74) is 1.33. The molecule has 1 aromatic heterocycles. The molecule has 110 valence electrons. The highest BCUT2D eigenvalue weighted by Crippen LogP contribution is 2.49. The molecule has 2 bridgehead atoms. The molecule has 0 saturated carbocycles. The van der Waals surface area contributed by atoms with E-state index >= 15 is 0 Å². The second-order valence-electron chi connectivity index (χ2n) is 6.15. The van der Waals surface area contributed by atoms with Crippen LogP contribution in [0.2, 0.25) is 5.02 Å². The Morgan fingerprint density at radius 1 is 1.24 bits per heavy atom. The predicted molar refractivity (Wildman–Crippen MR) is 80.3 cm³/mol. The van der Waals surface area contributed by atoms with Crippen LogP contribution in [0.25, 0.3) is 0 Å². The second kappa shape index (κ2) is 5.07. The van der Waals surface area contributed by atoms with Crippen molar-refractivity contribution in [2.24, 2.45) is 0 Å². The lowest BCUT2D eigenvalue weighted by Gasteiger charge is -2.41. The number of likely N-dealkylation sites (N-methyl/N-ethyl adjacent to an activating group) is 1. The normalized spacial score (nSPS) is 32.5. The number of aromatic nitrogens is 4. The van der Waals surface area contributed by atoms with Gasteiger partial charge in [-0.15, -0.1) is 10.2 Å². The van der Waals surface area contributed by atoms with Gasteiger partial charge in [0.25, 0.3) is 0 Å². The quantitative estimate of drug-likeness (QED) is 0.926. The van der Waals surface area contributed by atoms with Crippen LogP contribution in [-0.2, 0) is 0 Å². The van der Waals surface area contributed by atoms with Gasteiger partial charge in [-0.25, -0.2) is 0 Å². The van der Waals surface area contributed by atoms with E-state index in [1.807, 2.05) is 12.1 Å². The van der Waals surface area contributed by atoms with Gasteiger partial charge in [0.1, 0.15) is 0 Å². The fourth-order valence-corrected chi connectivity index (χ4v) is 4.31. The average Bonchev–Trinajstić information content (AvgIpc) is 3.08. The van der Waals surface area contributed by atoms with E-state index in [1.165, 1.54) is 18.4 Å². The number of nitrogens with zero attached hydrogens (tertiary/aromatic N) is 4. The minimum Gasteiger partial charge on any atom is -0.300 e. The molecule has 0 radical (unpaired) electrons.